The van der Waals surface area contributed by atoms with E-state index in [9.17, 15) is 4.79 Å². The quantitative estimate of drug-likeness (QED) is 0.474. The number of carbonyl (C=O) groups is 1. The van der Waals surface area contributed by atoms with E-state index in [-0.39, 0.29) is 12.0 Å². The van der Waals surface area contributed by atoms with Crippen molar-refractivity contribution in [1.29, 1.82) is 0 Å². The fourth-order valence-electron chi connectivity index (χ4n) is 4.45. The van der Waals surface area contributed by atoms with E-state index in [1.165, 1.54) is 0 Å². The maximum atomic E-state index is 12.6. The van der Waals surface area contributed by atoms with E-state index >= 15 is 0 Å². The Kier molecular flexibility index (Phi) is 8.42. The summed E-state index contributed by atoms with van der Waals surface area (Å²) in [7, 11) is 1.65. The Morgan fingerprint density at radius 2 is 1.74 bits per heavy atom. The molecule has 1 saturated heterocycles. The Morgan fingerprint density at radius 1 is 1.06 bits per heavy atom. The van der Waals surface area contributed by atoms with Gasteiger partial charge >= 0.3 is 0 Å². The normalized spacial score (nSPS) is 14.7. The number of ether oxygens (including phenoxy) is 2. The van der Waals surface area contributed by atoms with Gasteiger partial charge in [0.05, 0.1) is 31.6 Å². The number of aromatic nitrogens is 2. The molecule has 1 aromatic heterocycles. The van der Waals surface area contributed by atoms with Crippen molar-refractivity contribution in [2.45, 2.75) is 45.8 Å². The number of likely N-dealkylation sites (tertiary alicyclic amines) is 1. The number of para-hydroxylation sites is 3. The van der Waals surface area contributed by atoms with Crippen molar-refractivity contribution < 1.29 is 14.3 Å². The maximum absolute atomic E-state index is 12.6. The lowest BCUT2D eigenvalue weighted by Crippen LogP contribution is -2.43. The number of hydrogen-bond donors (Lipinski definition) is 1. The van der Waals surface area contributed by atoms with Crippen LogP contribution in [0.5, 0.6) is 11.5 Å². The van der Waals surface area contributed by atoms with Crippen LogP contribution in [0.4, 0.5) is 0 Å². The molecule has 0 bridgehead atoms. The average Bonchev–Trinajstić information content (AvgIpc) is 3.27. The Hall–Kier alpha value is -3.32. The number of hydrogen-bond acceptors (Lipinski definition) is 5. The molecular formula is C28H36N4O3. The first-order valence-corrected chi connectivity index (χ1v) is 12.4. The minimum atomic E-state index is 0.0220. The third-order valence-corrected chi connectivity index (χ3v) is 6.18. The second-order valence-corrected chi connectivity index (χ2v) is 9.49. The summed E-state index contributed by atoms with van der Waals surface area (Å²) in [5.41, 5.74) is 3.08. The van der Waals surface area contributed by atoms with Crippen LogP contribution in [0.1, 0.15) is 38.1 Å². The van der Waals surface area contributed by atoms with E-state index < -0.39 is 0 Å². The van der Waals surface area contributed by atoms with Crippen molar-refractivity contribution in [2.24, 2.45) is 5.92 Å². The van der Waals surface area contributed by atoms with Gasteiger partial charge in [-0.3, -0.25) is 9.69 Å². The number of nitrogens with one attached hydrogen (secondary N) is 1. The fraction of sp³-hybridized carbons (Fsp3) is 0.429. The second-order valence-electron chi connectivity index (χ2n) is 9.49. The molecule has 7 heteroatoms. The third kappa shape index (κ3) is 6.85. The molecule has 1 fully saturated rings. The van der Waals surface area contributed by atoms with Gasteiger partial charge in [0.15, 0.2) is 11.5 Å². The zero-order chi connectivity index (χ0) is 24.6. The third-order valence-electron chi connectivity index (χ3n) is 6.18. The van der Waals surface area contributed by atoms with E-state index in [1.54, 1.807) is 7.11 Å². The zero-order valence-electron chi connectivity index (χ0n) is 20.9. The number of rotatable bonds is 10. The molecule has 3 aromatic rings. The molecule has 186 valence electrons. The van der Waals surface area contributed by atoms with Gasteiger partial charge in [0, 0.05) is 18.8 Å². The summed E-state index contributed by atoms with van der Waals surface area (Å²) in [6.07, 6.45) is 2.82. The molecule has 1 aliphatic rings. The highest BCUT2D eigenvalue weighted by molar-refractivity contribution is 5.78. The first-order valence-electron chi connectivity index (χ1n) is 12.4. The lowest BCUT2D eigenvalue weighted by atomic mass is 10.1. The summed E-state index contributed by atoms with van der Waals surface area (Å²) >= 11 is 0. The van der Waals surface area contributed by atoms with Gasteiger partial charge in [-0.1, -0.05) is 44.2 Å². The molecule has 0 aliphatic carbocycles. The van der Waals surface area contributed by atoms with Gasteiger partial charge in [-0.15, -0.1) is 0 Å². The minimum Gasteiger partial charge on any atom is -0.493 e. The van der Waals surface area contributed by atoms with Crippen molar-refractivity contribution in [3.63, 3.8) is 0 Å². The van der Waals surface area contributed by atoms with Gasteiger partial charge in [0.2, 0.25) is 5.91 Å². The molecule has 0 radical (unpaired) electrons. The highest BCUT2D eigenvalue weighted by atomic mass is 16.5. The smallest absolute Gasteiger partial charge is 0.234 e. The SMILES string of the molecule is COc1ccccc1OC1CCN(CC(=O)NCc2cc(CC(C)C)n(-c3ccccc3)n2)CC1. The van der Waals surface area contributed by atoms with Gasteiger partial charge < -0.3 is 14.8 Å². The predicted octanol–water partition coefficient (Wildman–Crippen LogP) is 4.24. The van der Waals surface area contributed by atoms with Gasteiger partial charge in [-0.05, 0) is 55.5 Å². The Morgan fingerprint density at radius 3 is 2.43 bits per heavy atom. The fourth-order valence-corrected chi connectivity index (χ4v) is 4.45. The molecule has 0 atom stereocenters. The summed E-state index contributed by atoms with van der Waals surface area (Å²) in [5.74, 6) is 2.07. The van der Waals surface area contributed by atoms with Crippen LogP contribution in [-0.2, 0) is 17.8 Å². The van der Waals surface area contributed by atoms with E-state index in [0.717, 1.165) is 60.9 Å². The summed E-state index contributed by atoms with van der Waals surface area (Å²) in [5, 5.41) is 7.83. The Bertz CT molecular complexity index is 1090. The second kappa shape index (κ2) is 11.9. The first kappa shape index (κ1) is 24.8. The summed E-state index contributed by atoms with van der Waals surface area (Å²) in [6, 6.07) is 20.0. The van der Waals surface area contributed by atoms with Crippen molar-refractivity contribution in [1.82, 2.24) is 20.0 Å². The van der Waals surface area contributed by atoms with Gasteiger partial charge in [0.1, 0.15) is 6.10 Å². The van der Waals surface area contributed by atoms with Crippen molar-refractivity contribution in [2.75, 3.05) is 26.7 Å². The minimum absolute atomic E-state index is 0.0220. The lowest BCUT2D eigenvalue weighted by Gasteiger charge is -2.31. The molecule has 7 nitrogen and oxygen atoms in total. The molecule has 2 aromatic carbocycles. The Balaban J connectivity index is 1.26. The van der Waals surface area contributed by atoms with E-state index in [4.69, 9.17) is 14.6 Å². The molecule has 2 heterocycles. The number of benzene rings is 2. The van der Waals surface area contributed by atoms with Crippen LogP contribution in [0.2, 0.25) is 0 Å². The molecule has 1 aliphatic heterocycles. The highest BCUT2D eigenvalue weighted by Gasteiger charge is 2.23. The van der Waals surface area contributed by atoms with Crippen LogP contribution >= 0.6 is 0 Å². The molecule has 0 saturated carbocycles. The van der Waals surface area contributed by atoms with Crippen molar-refractivity contribution in [3.8, 4) is 17.2 Å². The average molecular weight is 477 g/mol. The molecular weight excluding hydrogens is 440 g/mol. The van der Waals surface area contributed by atoms with E-state index in [1.807, 2.05) is 47.1 Å². The van der Waals surface area contributed by atoms with E-state index in [2.05, 4.69) is 42.3 Å². The van der Waals surface area contributed by atoms with E-state index in [0.29, 0.717) is 19.0 Å². The van der Waals surface area contributed by atoms with Crippen molar-refractivity contribution in [3.05, 3.63) is 72.1 Å². The molecule has 1 N–H and O–H groups in total. The standard InChI is InChI=1S/C28H36N4O3/c1-21(2)17-24-18-22(30-32(24)23-9-5-4-6-10-23)19-29-28(33)20-31-15-13-25(14-16-31)35-27-12-8-7-11-26(27)34-3/h4-12,18,21,25H,13-17,19-20H2,1-3H3,(H,29,33). The summed E-state index contributed by atoms with van der Waals surface area (Å²) in [6.45, 7) is 6.88. The highest BCUT2D eigenvalue weighted by Crippen LogP contribution is 2.29. The topological polar surface area (TPSA) is 68.6 Å². The van der Waals surface area contributed by atoms with Crippen LogP contribution in [0.3, 0.4) is 0 Å². The van der Waals surface area contributed by atoms with Crippen LogP contribution in [0.15, 0.2) is 60.7 Å². The monoisotopic (exact) mass is 476 g/mol. The summed E-state index contributed by atoms with van der Waals surface area (Å²) < 4.78 is 13.5. The number of nitrogens with zero attached hydrogens (tertiary/aromatic N) is 3. The predicted molar refractivity (Wildman–Crippen MR) is 137 cm³/mol. The number of piperidine rings is 1. The molecule has 0 unspecified atom stereocenters. The zero-order valence-corrected chi connectivity index (χ0v) is 20.9. The summed E-state index contributed by atoms with van der Waals surface area (Å²) in [4.78, 5) is 14.8. The first-order chi connectivity index (χ1) is 17.0. The van der Waals surface area contributed by atoms with Gasteiger partial charge in [-0.25, -0.2) is 4.68 Å². The molecule has 35 heavy (non-hydrogen) atoms. The molecule has 1 amide bonds. The largest absolute Gasteiger partial charge is 0.493 e. The lowest BCUT2D eigenvalue weighted by molar-refractivity contribution is -0.122. The maximum Gasteiger partial charge on any atom is 0.234 e. The van der Waals surface area contributed by atoms with Crippen molar-refractivity contribution >= 4 is 5.91 Å². The Labute approximate surface area is 208 Å². The van der Waals surface area contributed by atoms with Crippen LogP contribution in [0, 0.1) is 5.92 Å². The molecule has 0 spiro atoms. The van der Waals surface area contributed by atoms with Gasteiger partial charge in [-0.2, -0.15) is 5.10 Å². The molecule has 4 rings (SSSR count). The number of amides is 1. The van der Waals surface area contributed by atoms with Gasteiger partial charge in [0.25, 0.3) is 0 Å². The number of carbonyl (C=O) groups excluding carboxylic acids is 1. The van der Waals surface area contributed by atoms with Crippen LogP contribution < -0.4 is 14.8 Å². The van der Waals surface area contributed by atoms with Crippen LogP contribution in [0.25, 0.3) is 5.69 Å². The number of methoxy groups -OCH3 is 1. The van der Waals surface area contributed by atoms with Crippen LogP contribution in [-0.4, -0.2) is 53.4 Å².